The second-order valence-corrected chi connectivity index (χ2v) is 10.4. The Labute approximate surface area is 232 Å². The molecule has 3 fully saturated rings. The number of alkyl halides is 6. The van der Waals surface area contributed by atoms with E-state index in [0.717, 1.165) is 25.9 Å². The topological polar surface area (TPSA) is 66.5 Å². The summed E-state index contributed by atoms with van der Waals surface area (Å²) in [5.41, 5.74) is -2.31. The maximum absolute atomic E-state index is 13.4. The number of aromatic nitrogens is 1. The molecule has 2 amide bonds. The molecule has 0 aliphatic carbocycles. The number of rotatable bonds is 6. The Kier molecular flexibility index (Phi) is 7.62. The van der Waals surface area contributed by atoms with Crippen molar-refractivity contribution in [1.82, 2.24) is 15.2 Å². The molecule has 5 atom stereocenters. The van der Waals surface area contributed by atoms with Crippen molar-refractivity contribution in [3.05, 3.63) is 78.0 Å². The molecule has 5 unspecified atom stereocenters. The first-order valence-corrected chi connectivity index (χ1v) is 13.0. The second-order valence-electron chi connectivity index (χ2n) is 10.4. The molecule has 0 radical (unpaired) electrons. The van der Waals surface area contributed by atoms with Crippen LogP contribution < -0.4 is 15.4 Å². The summed E-state index contributed by atoms with van der Waals surface area (Å²) >= 11 is 0. The molecular weight excluding hydrogens is 550 g/mol. The van der Waals surface area contributed by atoms with Gasteiger partial charge in [-0.05, 0) is 79.3 Å². The zero-order chi connectivity index (χ0) is 29.5. The average Bonchev–Trinajstić information content (AvgIpc) is 2.94. The van der Waals surface area contributed by atoms with Crippen molar-refractivity contribution in [2.45, 2.75) is 37.3 Å². The van der Waals surface area contributed by atoms with Crippen molar-refractivity contribution < 1.29 is 35.9 Å². The lowest BCUT2D eigenvalue weighted by Crippen LogP contribution is -2.57. The molecule has 6 nitrogen and oxygen atoms in total. The number of carbonyl (C=O) groups excluding carboxylic acids is 1. The summed E-state index contributed by atoms with van der Waals surface area (Å²) in [6.45, 7) is 5.46. The zero-order valence-corrected chi connectivity index (χ0v) is 22.0. The average molecular weight is 579 g/mol. The third-order valence-electron chi connectivity index (χ3n) is 7.99. The van der Waals surface area contributed by atoms with Crippen molar-refractivity contribution >= 4 is 22.6 Å². The smallest absolute Gasteiger partial charge is 0.416 e. The highest BCUT2D eigenvalue weighted by Gasteiger charge is 2.43. The Bertz CT molecular complexity index is 1430. The number of anilines is 1. The summed E-state index contributed by atoms with van der Waals surface area (Å²) in [7, 11) is 1.52. The van der Waals surface area contributed by atoms with Crippen molar-refractivity contribution in [3.63, 3.8) is 0 Å². The highest BCUT2D eigenvalue weighted by atomic mass is 19.4. The fourth-order valence-corrected chi connectivity index (χ4v) is 5.99. The first-order valence-electron chi connectivity index (χ1n) is 13.0. The Morgan fingerprint density at radius 2 is 1.80 bits per heavy atom. The number of carbonyl (C=O) groups is 1. The number of nitrogens with zero attached hydrogens (tertiary/aromatic N) is 2. The van der Waals surface area contributed by atoms with E-state index >= 15 is 0 Å². The van der Waals surface area contributed by atoms with E-state index in [-0.39, 0.29) is 18.0 Å². The van der Waals surface area contributed by atoms with Gasteiger partial charge in [-0.3, -0.25) is 9.88 Å². The van der Waals surface area contributed by atoms with Gasteiger partial charge in [0, 0.05) is 29.9 Å². The SMILES string of the molecule is C=CC1CN2CCC1CC2C(NC(=O)Nc1cc(C(F)(F)F)cc(C(F)(F)F)c1)c1ccnc2ccc(OC)cc12. The van der Waals surface area contributed by atoms with E-state index < -0.39 is 41.2 Å². The Morgan fingerprint density at radius 3 is 2.39 bits per heavy atom. The van der Waals surface area contributed by atoms with Crippen LogP contribution in [0.1, 0.15) is 35.6 Å². The van der Waals surface area contributed by atoms with Gasteiger partial charge in [0.1, 0.15) is 5.75 Å². The summed E-state index contributed by atoms with van der Waals surface area (Å²) in [5.74, 6) is 1.18. The number of piperidine rings is 3. The molecule has 41 heavy (non-hydrogen) atoms. The molecule has 3 saturated heterocycles. The van der Waals surface area contributed by atoms with Gasteiger partial charge in [-0.25, -0.2) is 4.79 Å². The van der Waals surface area contributed by atoms with E-state index in [2.05, 4.69) is 27.1 Å². The lowest BCUT2D eigenvalue weighted by Gasteiger charge is -2.51. The minimum Gasteiger partial charge on any atom is -0.497 e. The number of fused-ring (bicyclic) bond motifs is 4. The van der Waals surface area contributed by atoms with Crippen LogP contribution in [0.25, 0.3) is 10.9 Å². The van der Waals surface area contributed by atoms with Crippen molar-refractivity contribution in [2.75, 3.05) is 25.5 Å². The third kappa shape index (κ3) is 5.97. The Hall–Kier alpha value is -3.80. The molecule has 6 rings (SSSR count). The number of benzene rings is 2. The zero-order valence-electron chi connectivity index (χ0n) is 22.0. The summed E-state index contributed by atoms with van der Waals surface area (Å²) in [6.07, 6.45) is -4.87. The molecule has 218 valence electrons. The van der Waals surface area contributed by atoms with Crippen LogP contribution in [0.4, 0.5) is 36.8 Å². The number of halogens is 6. The Balaban J connectivity index is 1.51. The summed E-state index contributed by atoms with van der Waals surface area (Å²) in [4.78, 5) is 19.9. The molecule has 1 aromatic heterocycles. The maximum Gasteiger partial charge on any atom is 0.416 e. The molecule has 2 N–H and O–H groups in total. The van der Waals surface area contributed by atoms with E-state index in [4.69, 9.17) is 4.74 Å². The number of pyridine rings is 1. The van der Waals surface area contributed by atoms with Gasteiger partial charge >= 0.3 is 18.4 Å². The first-order chi connectivity index (χ1) is 19.4. The third-order valence-corrected chi connectivity index (χ3v) is 7.99. The molecular formula is C29H28F6N4O2. The van der Waals surface area contributed by atoms with Crippen LogP contribution in [-0.4, -0.2) is 42.2 Å². The lowest BCUT2D eigenvalue weighted by molar-refractivity contribution is -0.143. The monoisotopic (exact) mass is 578 g/mol. The highest BCUT2D eigenvalue weighted by molar-refractivity contribution is 5.91. The lowest BCUT2D eigenvalue weighted by atomic mass is 9.73. The van der Waals surface area contributed by atoms with Crippen LogP contribution in [0.3, 0.4) is 0 Å². The highest BCUT2D eigenvalue weighted by Crippen LogP contribution is 2.43. The standard InChI is InChI=1S/C29H28F6N4O2/c1-3-16-15-39-9-7-17(16)10-25(39)26(22-6-8-36-24-5-4-21(41-2)14-23(22)24)38-27(40)37-20-12-18(28(30,31)32)11-19(13-20)29(33,34)35/h3-6,8,11-14,16-17,25-26H,1,7,9-10,15H2,2H3,(H2,37,38,40). The van der Waals surface area contributed by atoms with Gasteiger partial charge in [0.15, 0.2) is 0 Å². The van der Waals surface area contributed by atoms with E-state index in [1.807, 2.05) is 6.08 Å². The van der Waals surface area contributed by atoms with Gasteiger partial charge < -0.3 is 15.4 Å². The largest absolute Gasteiger partial charge is 0.497 e. The van der Waals surface area contributed by atoms with Gasteiger partial charge in [-0.1, -0.05) is 6.08 Å². The predicted molar refractivity (Wildman–Crippen MR) is 141 cm³/mol. The molecule has 4 heterocycles. The summed E-state index contributed by atoms with van der Waals surface area (Å²) < 4.78 is 85.7. The fourth-order valence-electron chi connectivity index (χ4n) is 5.99. The van der Waals surface area contributed by atoms with E-state index in [1.165, 1.54) is 7.11 Å². The quantitative estimate of drug-likeness (QED) is 0.243. The molecule has 2 bridgehead atoms. The molecule has 3 aliphatic heterocycles. The van der Waals surface area contributed by atoms with Crippen LogP contribution >= 0.6 is 0 Å². The van der Waals surface area contributed by atoms with Crippen LogP contribution in [-0.2, 0) is 12.4 Å². The minimum absolute atomic E-state index is 0.0183. The molecule has 3 aliphatic rings. The first kappa shape index (κ1) is 28.7. The molecule has 2 aromatic carbocycles. The second kappa shape index (κ2) is 10.9. The maximum atomic E-state index is 13.4. The van der Waals surface area contributed by atoms with Gasteiger partial charge in [-0.15, -0.1) is 6.58 Å². The number of methoxy groups -OCH3 is 1. The van der Waals surface area contributed by atoms with Gasteiger partial charge in [0.2, 0.25) is 0 Å². The number of urea groups is 1. The molecule has 12 heteroatoms. The fraction of sp³-hybridized carbons (Fsp3) is 0.379. The van der Waals surface area contributed by atoms with Crippen molar-refractivity contribution in [1.29, 1.82) is 0 Å². The number of ether oxygens (including phenoxy) is 1. The van der Waals surface area contributed by atoms with Gasteiger partial charge in [0.05, 0.1) is 29.8 Å². The van der Waals surface area contributed by atoms with Crippen molar-refractivity contribution in [2.24, 2.45) is 11.8 Å². The number of nitrogens with one attached hydrogen (secondary N) is 2. The number of hydrogen-bond donors (Lipinski definition) is 2. The minimum atomic E-state index is -5.04. The van der Waals surface area contributed by atoms with Crippen LogP contribution in [0.15, 0.2) is 61.3 Å². The number of hydrogen-bond acceptors (Lipinski definition) is 4. The van der Waals surface area contributed by atoms with E-state index in [1.54, 1.807) is 30.5 Å². The summed E-state index contributed by atoms with van der Waals surface area (Å²) in [6, 6.07) is 6.28. The van der Waals surface area contributed by atoms with Gasteiger partial charge in [0.25, 0.3) is 0 Å². The predicted octanol–water partition coefficient (Wildman–Crippen LogP) is 7.04. The van der Waals surface area contributed by atoms with Crippen LogP contribution in [0.5, 0.6) is 5.75 Å². The normalized spacial score (nSPS) is 23.2. The van der Waals surface area contributed by atoms with Gasteiger partial charge in [-0.2, -0.15) is 26.3 Å². The number of amides is 2. The van der Waals surface area contributed by atoms with E-state index in [9.17, 15) is 31.1 Å². The van der Waals surface area contributed by atoms with Crippen LogP contribution in [0.2, 0.25) is 0 Å². The van der Waals surface area contributed by atoms with Crippen molar-refractivity contribution in [3.8, 4) is 5.75 Å². The molecule has 3 aromatic rings. The van der Waals surface area contributed by atoms with Crippen LogP contribution in [0, 0.1) is 11.8 Å². The Morgan fingerprint density at radius 1 is 1.10 bits per heavy atom. The summed E-state index contributed by atoms with van der Waals surface area (Å²) in [5, 5.41) is 5.79. The van der Waals surface area contributed by atoms with E-state index in [0.29, 0.717) is 40.3 Å². The molecule has 0 saturated carbocycles. The molecule has 0 spiro atoms.